The summed E-state index contributed by atoms with van der Waals surface area (Å²) in [5.41, 5.74) is 1.72. The number of nitrogens with zero attached hydrogens (tertiary/aromatic N) is 2. The van der Waals surface area contributed by atoms with E-state index in [9.17, 15) is 9.59 Å². The summed E-state index contributed by atoms with van der Waals surface area (Å²) in [5, 5.41) is 0.863. The number of carbonyl (C=O) groups is 1. The quantitative estimate of drug-likeness (QED) is 0.648. The van der Waals surface area contributed by atoms with Crippen LogP contribution in [0.5, 0.6) is 0 Å². The van der Waals surface area contributed by atoms with E-state index in [0.717, 1.165) is 25.9 Å². The van der Waals surface area contributed by atoms with Crippen LogP contribution in [0.4, 0.5) is 0 Å². The van der Waals surface area contributed by atoms with Gasteiger partial charge in [0, 0.05) is 13.1 Å². The van der Waals surface area contributed by atoms with E-state index in [1.54, 1.807) is 31.2 Å². The van der Waals surface area contributed by atoms with E-state index in [1.807, 2.05) is 11.0 Å². The first kappa shape index (κ1) is 13.9. The maximum absolute atomic E-state index is 12.7. The summed E-state index contributed by atoms with van der Waals surface area (Å²) in [4.78, 5) is 31.5. The first-order valence-electron chi connectivity index (χ1n) is 7.77. The van der Waals surface area contributed by atoms with Crippen molar-refractivity contribution >= 4 is 28.0 Å². The van der Waals surface area contributed by atoms with Crippen molar-refractivity contribution in [1.82, 2.24) is 9.88 Å². The zero-order valence-electron chi connectivity index (χ0n) is 12.8. The van der Waals surface area contributed by atoms with Crippen LogP contribution in [0, 0.1) is 6.92 Å². The molecule has 0 aliphatic carbocycles. The molecular weight excluding hydrogens is 292 g/mol. The highest BCUT2D eigenvalue weighted by Gasteiger charge is 2.23. The van der Waals surface area contributed by atoms with Crippen LogP contribution in [0.25, 0.3) is 22.1 Å². The standard InChI is InChI=1S/C18H16N2O3/c1-11-13(18(22)20-8-4-5-9-20)10-14-16(21)12-6-2-3-7-15(12)23-17(14)19-11/h2-3,6-7,10H,4-5,8-9H2,1H3. The largest absolute Gasteiger partial charge is 0.437 e. The molecule has 1 aromatic carbocycles. The monoisotopic (exact) mass is 308 g/mol. The van der Waals surface area contributed by atoms with E-state index in [1.165, 1.54) is 0 Å². The fourth-order valence-corrected chi connectivity index (χ4v) is 3.12. The van der Waals surface area contributed by atoms with Gasteiger partial charge in [0.05, 0.1) is 22.0 Å². The molecule has 0 bridgehead atoms. The van der Waals surface area contributed by atoms with Crippen LogP contribution in [-0.2, 0) is 0 Å². The van der Waals surface area contributed by atoms with Gasteiger partial charge in [-0.15, -0.1) is 0 Å². The van der Waals surface area contributed by atoms with Crippen LogP contribution in [0.15, 0.2) is 39.5 Å². The normalized spacial score (nSPS) is 14.7. The number of aromatic nitrogens is 1. The first-order chi connectivity index (χ1) is 11.1. The molecule has 23 heavy (non-hydrogen) atoms. The van der Waals surface area contributed by atoms with Crippen LogP contribution in [-0.4, -0.2) is 28.9 Å². The molecule has 5 nitrogen and oxygen atoms in total. The van der Waals surface area contributed by atoms with E-state index in [0.29, 0.717) is 27.6 Å². The van der Waals surface area contributed by atoms with Crippen LogP contribution >= 0.6 is 0 Å². The molecule has 3 heterocycles. The van der Waals surface area contributed by atoms with Gasteiger partial charge < -0.3 is 9.32 Å². The number of amides is 1. The molecule has 1 aliphatic rings. The second-order valence-electron chi connectivity index (χ2n) is 5.90. The Labute approximate surface area is 132 Å². The minimum atomic E-state index is -0.148. The molecule has 0 atom stereocenters. The Morgan fingerprint density at radius 3 is 2.70 bits per heavy atom. The maximum atomic E-state index is 12.7. The number of hydrogen-bond donors (Lipinski definition) is 0. The highest BCUT2D eigenvalue weighted by molar-refractivity contribution is 5.99. The molecule has 0 unspecified atom stereocenters. The third kappa shape index (κ3) is 2.20. The van der Waals surface area contributed by atoms with Gasteiger partial charge in [0.2, 0.25) is 11.1 Å². The Morgan fingerprint density at radius 2 is 1.91 bits per heavy atom. The fourth-order valence-electron chi connectivity index (χ4n) is 3.12. The van der Waals surface area contributed by atoms with Gasteiger partial charge in [-0.05, 0) is 38.0 Å². The summed E-state index contributed by atoms with van der Waals surface area (Å²) < 4.78 is 5.73. The Bertz CT molecular complexity index is 985. The van der Waals surface area contributed by atoms with Crippen LogP contribution in [0.2, 0.25) is 0 Å². The van der Waals surface area contributed by atoms with Gasteiger partial charge in [-0.1, -0.05) is 12.1 Å². The number of fused-ring (bicyclic) bond motifs is 2. The Morgan fingerprint density at radius 1 is 1.17 bits per heavy atom. The van der Waals surface area contributed by atoms with Crippen molar-refractivity contribution < 1.29 is 9.21 Å². The number of para-hydroxylation sites is 1. The van der Waals surface area contributed by atoms with Gasteiger partial charge in [0.25, 0.3) is 5.91 Å². The second-order valence-corrected chi connectivity index (χ2v) is 5.90. The molecule has 1 fully saturated rings. The third-order valence-electron chi connectivity index (χ3n) is 4.38. The molecule has 3 aromatic rings. The first-order valence-corrected chi connectivity index (χ1v) is 7.77. The summed E-state index contributed by atoms with van der Waals surface area (Å²) >= 11 is 0. The summed E-state index contributed by atoms with van der Waals surface area (Å²) in [6, 6.07) is 8.72. The molecule has 5 heteroatoms. The van der Waals surface area contributed by atoms with Gasteiger partial charge in [-0.25, -0.2) is 4.98 Å². The molecule has 0 spiro atoms. The summed E-state index contributed by atoms with van der Waals surface area (Å²) in [5.74, 6) is -0.0537. The molecule has 0 N–H and O–H groups in total. The number of pyridine rings is 1. The lowest BCUT2D eigenvalue weighted by Gasteiger charge is -2.16. The van der Waals surface area contributed by atoms with Gasteiger partial charge in [0.1, 0.15) is 5.58 Å². The Hall–Kier alpha value is -2.69. The second kappa shape index (κ2) is 5.19. The summed E-state index contributed by atoms with van der Waals surface area (Å²) in [6.45, 7) is 3.31. The number of aryl methyl sites for hydroxylation is 1. The molecule has 4 rings (SSSR count). The molecule has 2 aromatic heterocycles. The average molecular weight is 308 g/mol. The molecular formula is C18H16N2O3. The average Bonchev–Trinajstić information content (AvgIpc) is 3.08. The third-order valence-corrected chi connectivity index (χ3v) is 4.38. The Kier molecular flexibility index (Phi) is 3.15. The van der Waals surface area contributed by atoms with E-state index in [2.05, 4.69) is 4.98 Å². The van der Waals surface area contributed by atoms with Crippen LogP contribution < -0.4 is 5.43 Å². The lowest BCUT2D eigenvalue weighted by Crippen LogP contribution is -2.28. The number of hydrogen-bond acceptors (Lipinski definition) is 4. The lowest BCUT2D eigenvalue weighted by molar-refractivity contribution is 0.0792. The fraction of sp³-hybridized carbons (Fsp3) is 0.278. The van der Waals surface area contributed by atoms with Gasteiger partial charge in [0.15, 0.2) is 0 Å². The minimum absolute atomic E-state index is 0.0537. The summed E-state index contributed by atoms with van der Waals surface area (Å²) in [6.07, 6.45) is 2.05. The lowest BCUT2D eigenvalue weighted by atomic mass is 10.1. The van der Waals surface area contributed by atoms with Gasteiger partial charge in [-0.2, -0.15) is 0 Å². The number of benzene rings is 1. The molecule has 1 aliphatic heterocycles. The van der Waals surface area contributed by atoms with E-state index in [-0.39, 0.29) is 17.0 Å². The number of rotatable bonds is 1. The van der Waals surface area contributed by atoms with Crippen molar-refractivity contribution in [3.05, 3.63) is 51.8 Å². The SMILES string of the molecule is Cc1nc2oc3ccccc3c(=O)c2cc1C(=O)N1CCCC1. The summed E-state index contributed by atoms with van der Waals surface area (Å²) in [7, 11) is 0. The predicted octanol–water partition coefficient (Wildman–Crippen LogP) is 2.89. The Balaban J connectivity index is 1.95. The van der Waals surface area contributed by atoms with Crippen molar-refractivity contribution in [3.8, 4) is 0 Å². The van der Waals surface area contributed by atoms with Crippen molar-refractivity contribution in [3.63, 3.8) is 0 Å². The number of likely N-dealkylation sites (tertiary alicyclic amines) is 1. The molecule has 1 saturated heterocycles. The molecule has 0 radical (unpaired) electrons. The highest BCUT2D eigenvalue weighted by atomic mass is 16.3. The molecule has 116 valence electrons. The van der Waals surface area contributed by atoms with Gasteiger partial charge >= 0.3 is 0 Å². The highest BCUT2D eigenvalue weighted by Crippen LogP contribution is 2.21. The van der Waals surface area contributed by atoms with Crippen LogP contribution in [0.1, 0.15) is 28.9 Å². The zero-order chi connectivity index (χ0) is 16.0. The number of carbonyl (C=O) groups excluding carboxylic acids is 1. The topological polar surface area (TPSA) is 63.4 Å². The predicted molar refractivity (Wildman–Crippen MR) is 87.7 cm³/mol. The van der Waals surface area contributed by atoms with E-state index < -0.39 is 0 Å². The maximum Gasteiger partial charge on any atom is 0.255 e. The zero-order valence-corrected chi connectivity index (χ0v) is 12.8. The van der Waals surface area contributed by atoms with Crippen LogP contribution in [0.3, 0.4) is 0 Å². The van der Waals surface area contributed by atoms with Crippen molar-refractivity contribution in [1.29, 1.82) is 0 Å². The van der Waals surface area contributed by atoms with Crippen molar-refractivity contribution in [2.24, 2.45) is 0 Å². The molecule has 1 amide bonds. The molecule has 0 saturated carbocycles. The van der Waals surface area contributed by atoms with E-state index in [4.69, 9.17) is 4.42 Å². The minimum Gasteiger partial charge on any atom is -0.437 e. The van der Waals surface area contributed by atoms with Gasteiger partial charge in [-0.3, -0.25) is 9.59 Å². The smallest absolute Gasteiger partial charge is 0.255 e. The van der Waals surface area contributed by atoms with Crippen molar-refractivity contribution in [2.45, 2.75) is 19.8 Å². The van der Waals surface area contributed by atoms with E-state index >= 15 is 0 Å². The van der Waals surface area contributed by atoms with Crippen molar-refractivity contribution in [2.75, 3.05) is 13.1 Å².